The lowest BCUT2D eigenvalue weighted by molar-refractivity contribution is 0.242. The second kappa shape index (κ2) is 6.13. The number of anilines is 1. The van der Waals surface area contributed by atoms with Gasteiger partial charge in [0, 0.05) is 24.8 Å². The molecule has 2 fully saturated rings. The Morgan fingerprint density at radius 2 is 2.00 bits per heavy atom. The summed E-state index contributed by atoms with van der Waals surface area (Å²) in [5, 5.41) is 3.22. The maximum Gasteiger partial charge on any atom is 0.129 e. The number of nitrogens with one attached hydrogen (secondary N) is 1. The zero-order valence-corrected chi connectivity index (χ0v) is 12.9. The summed E-state index contributed by atoms with van der Waals surface area (Å²) in [6.45, 7) is 4.24. The topological polar surface area (TPSA) is 28.2 Å². The van der Waals surface area contributed by atoms with Gasteiger partial charge < -0.3 is 10.2 Å². The van der Waals surface area contributed by atoms with E-state index in [-0.39, 0.29) is 0 Å². The van der Waals surface area contributed by atoms with Crippen LogP contribution in [0.15, 0.2) is 12.1 Å². The van der Waals surface area contributed by atoms with E-state index in [1.54, 1.807) is 0 Å². The van der Waals surface area contributed by atoms with Crippen LogP contribution in [-0.2, 0) is 6.54 Å². The van der Waals surface area contributed by atoms with Crippen molar-refractivity contribution in [1.82, 2.24) is 10.3 Å². The summed E-state index contributed by atoms with van der Waals surface area (Å²) >= 11 is 0. The third kappa shape index (κ3) is 2.69. The molecule has 0 spiro atoms. The lowest BCUT2D eigenvalue weighted by Gasteiger charge is -2.45. The van der Waals surface area contributed by atoms with Gasteiger partial charge in [0.1, 0.15) is 5.82 Å². The van der Waals surface area contributed by atoms with E-state index in [1.165, 1.54) is 62.1 Å². The zero-order chi connectivity index (χ0) is 13.9. The van der Waals surface area contributed by atoms with Gasteiger partial charge in [-0.1, -0.05) is 18.9 Å². The van der Waals surface area contributed by atoms with Gasteiger partial charge in [0.25, 0.3) is 0 Å². The molecule has 2 aliphatic rings. The molecule has 1 aliphatic heterocycles. The minimum Gasteiger partial charge on any atom is -0.353 e. The predicted molar refractivity (Wildman–Crippen MR) is 84.1 cm³/mol. The van der Waals surface area contributed by atoms with Gasteiger partial charge >= 0.3 is 0 Å². The van der Waals surface area contributed by atoms with Crippen molar-refractivity contribution in [2.24, 2.45) is 5.92 Å². The van der Waals surface area contributed by atoms with Crippen LogP contribution in [0.2, 0.25) is 0 Å². The highest BCUT2D eigenvalue weighted by Crippen LogP contribution is 2.37. The zero-order valence-electron chi connectivity index (χ0n) is 12.9. The van der Waals surface area contributed by atoms with E-state index in [4.69, 9.17) is 4.98 Å². The first-order valence-corrected chi connectivity index (χ1v) is 8.17. The minimum absolute atomic E-state index is 0.750. The van der Waals surface area contributed by atoms with Crippen LogP contribution < -0.4 is 10.2 Å². The standard InChI is InChI=1S/C17H27N3/c1-13-15(12-18-2)9-10-17(19-13)20-11-5-7-14-6-3-4-8-16(14)20/h9-10,14,16,18H,3-8,11-12H2,1-2H3/t14-,16-/m1/s1. The fourth-order valence-corrected chi connectivity index (χ4v) is 4.02. The van der Waals surface area contributed by atoms with Gasteiger partial charge in [-0.2, -0.15) is 0 Å². The van der Waals surface area contributed by atoms with Gasteiger partial charge in [0.15, 0.2) is 0 Å². The van der Waals surface area contributed by atoms with Crippen LogP contribution in [0.4, 0.5) is 5.82 Å². The molecule has 1 saturated carbocycles. The molecule has 2 heterocycles. The van der Waals surface area contributed by atoms with Crippen LogP contribution in [0.25, 0.3) is 0 Å². The van der Waals surface area contributed by atoms with Crippen LogP contribution in [-0.4, -0.2) is 24.6 Å². The molecular weight excluding hydrogens is 246 g/mol. The van der Waals surface area contributed by atoms with Crippen LogP contribution in [0.5, 0.6) is 0 Å². The lowest BCUT2D eigenvalue weighted by atomic mass is 9.78. The van der Waals surface area contributed by atoms with Crippen molar-refractivity contribution in [2.45, 2.75) is 58.0 Å². The second-order valence-electron chi connectivity index (χ2n) is 6.39. The molecule has 0 amide bonds. The Morgan fingerprint density at radius 3 is 2.80 bits per heavy atom. The van der Waals surface area contributed by atoms with Gasteiger partial charge in [-0.25, -0.2) is 4.98 Å². The van der Waals surface area contributed by atoms with Gasteiger partial charge in [-0.3, -0.25) is 0 Å². The van der Waals surface area contributed by atoms with Gasteiger partial charge in [-0.05, 0) is 57.2 Å². The number of hydrogen-bond acceptors (Lipinski definition) is 3. The molecule has 0 bridgehead atoms. The van der Waals surface area contributed by atoms with E-state index in [0.29, 0.717) is 0 Å². The maximum atomic E-state index is 4.89. The molecule has 0 unspecified atom stereocenters. The third-order valence-electron chi connectivity index (χ3n) is 5.09. The van der Waals surface area contributed by atoms with E-state index >= 15 is 0 Å². The molecule has 2 atom stereocenters. The van der Waals surface area contributed by atoms with Crippen LogP contribution >= 0.6 is 0 Å². The van der Waals surface area contributed by atoms with E-state index < -0.39 is 0 Å². The van der Waals surface area contributed by atoms with E-state index in [9.17, 15) is 0 Å². The molecular formula is C17H27N3. The number of aromatic nitrogens is 1. The SMILES string of the molecule is CNCc1ccc(N2CCC[C@H]3CCCC[C@H]32)nc1C. The van der Waals surface area contributed by atoms with Crippen molar-refractivity contribution in [3.63, 3.8) is 0 Å². The molecule has 1 aromatic rings. The molecule has 20 heavy (non-hydrogen) atoms. The van der Waals surface area contributed by atoms with Crippen molar-refractivity contribution >= 4 is 5.82 Å². The molecule has 3 nitrogen and oxygen atoms in total. The number of nitrogens with zero attached hydrogens (tertiary/aromatic N) is 2. The van der Waals surface area contributed by atoms with Gasteiger partial charge in [0.2, 0.25) is 0 Å². The second-order valence-corrected chi connectivity index (χ2v) is 6.39. The summed E-state index contributed by atoms with van der Waals surface area (Å²) in [5.41, 5.74) is 2.49. The fraction of sp³-hybridized carbons (Fsp3) is 0.706. The molecule has 0 radical (unpaired) electrons. The Labute approximate surface area is 122 Å². The summed E-state index contributed by atoms with van der Waals surface area (Å²) in [4.78, 5) is 7.49. The summed E-state index contributed by atoms with van der Waals surface area (Å²) in [5.74, 6) is 2.12. The summed E-state index contributed by atoms with van der Waals surface area (Å²) in [6.07, 6.45) is 8.39. The average molecular weight is 273 g/mol. The molecule has 0 aromatic carbocycles. The number of fused-ring (bicyclic) bond motifs is 1. The summed E-state index contributed by atoms with van der Waals surface area (Å²) in [6, 6.07) is 5.23. The quantitative estimate of drug-likeness (QED) is 0.916. The highest BCUT2D eigenvalue weighted by molar-refractivity contribution is 5.43. The third-order valence-corrected chi connectivity index (χ3v) is 5.09. The molecule has 1 saturated heterocycles. The van der Waals surface area contributed by atoms with Crippen molar-refractivity contribution in [1.29, 1.82) is 0 Å². The van der Waals surface area contributed by atoms with Crippen LogP contribution in [0, 0.1) is 12.8 Å². The Bertz CT molecular complexity index is 456. The van der Waals surface area contributed by atoms with Crippen molar-refractivity contribution in [3.8, 4) is 0 Å². The molecule has 1 aliphatic carbocycles. The van der Waals surface area contributed by atoms with Crippen molar-refractivity contribution in [2.75, 3.05) is 18.5 Å². The number of piperidine rings is 1. The van der Waals surface area contributed by atoms with Crippen LogP contribution in [0.3, 0.4) is 0 Å². The Kier molecular flexibility index (Phi) is 4.25. The smallest absolute Gasteiger partial charge is 0.129 e. The highest BCUT2D eigenvalue weighted by Gasteiger charge is 2.33. The first kappa shape index (κ1) is 13.9. The van der Waals surface area contributed by atoms with E-state index in [2.05, 4.69) is 29.3 Å². The van der Waals surface area contributed by atoms with Crippen molar-refractivity contribution in [3.05, 3.63) is 23.4 Å². The highest BCUT2D eigenvalue weighted by atomic mass is 15.2. The van der Waals surface area contributed by atoms with Gasteiger partial charge in [-0.15, -0.1) is 0 Å². The summed E-state index contributed by atoms with van der Waals surface area (Å²) in [7, 11) is 1.99. The van der Waals surface area contributed by atoms with E-state index in [0.717, 1.165) is 18.5 Å². The first-order chi connectivity index (χ1) is 9.79. The maximum absolute atomic E-state index is 4.89. The number of aryl methyl sites for hydroxylation is 1. The first-order valence-electron chi connectivity index (χ1n) is 8.17. The Morgan fingerprint density at radius 1 is 1.20 bits per heavy atom. The molecule has 110 valence electrons. The molecule has 1 aromatic heterocycles. The summed E-state index contributed by atoms with van der Waals surface area (Å²) < 4.78 is 0. The number of hydrogen-bond donors (Lipinski definition) is 1. The predicted octanol–water partition coefficient (Wildman–Crippen LogP) is 3.27. The molecule has 3 rings (SSSR count). The Balaban J connectivity index is 1.82. The fourth-order valence-electron chi connectivity index (χ4n) is 4.02. The average Bonchev–Trinajstić information content (AvgIpc) is 2.49. The lowest BCUT2D eigenvalue weighted by Crippen LogP contribution is -2.47. The van der Waals surface area contributed by atoms with Crippen molar-refractivity contribution < 1.29 is 0 Å². The molecule has 3 heteroatoms. The largest absolute Gasteiger partial charge is 0.353 e. The normalized spacial score (nSPS) is 26.4. The molecule has 1 N–H and O–H groups in total. The monoisotopic (exact) mass is 273 g/mol. The van der Waals surface area contributed by atoms with Gasteiger partial charge in [0.05, 0.1) is 0 Å². The number of pyridine rings is 1. The number of rotatable bonds is 3. The minimum atomic E-state index is 0.750. The Hall–Kier alpha value is -1.09. The van der Waals surface area contributed by atoms with Crippen LogP contribution in [0.1, 0.15) is 49.8 Å². The van der Waals surface area contributed by atoms with E-state index in [1.807, 2.05) is 7.05 Å².